The summed E-state index contributed by atoms with van der Waals surface area (Å²) in [4.78, 5) is 16.6. The Hall–Kier alpha value is -2.21. The van der Waals surface area contributed by atoms with Crippen molar-refractivity contribution in [2.45, 2.75) is 25.7 Å². The topological polar surface area (TPSA) is 82.7 Å². The van der Waals surface area contributed by atoms with Crippen LogP contribution in [0.4, 0.5) is 5.69 Å². The second-order valence-electron chi connectivity index (χ2n) is 5.85. The summed E-state index contributed by atoms with van der Waals surface area (Å²) in [7, 11) is 1.84. The van der Waals surface area contributed by atoms with Crippen molar-refractivity contribution in [1.82, 2.24) is 20.5 Å². The number of aromatic amines is 1. The summed E-state index contributed by atoms with van der Waals surface area (Å²) in [6, 6.07) is 7.64. The van der Waals surface area contributed by atoms with Gasteiger partial charge in [0.25, 0.3) is 0 Å². The predicted molar refractivity (Wildman–Crippen MR) is 85.5 cm³/mol. The lowest BCUT2D eigenvalue weighted by molar-refractivity contribution is -0.119. The van der Waals surface area contributed by atoms with Gasteiger partial charge in [-0.15, -0.1) is 0 Å². The molecule has 2 aromatic rings. The number of aromatic nitrogens is 3. The number of nitrogens with one attached hydrogen (secondary N) is 3. The molecule has 3 rings (SSSR count). The number of hydrogen-bond donors (Lipinski definition) is 3. The Morgan fingerprint density at radius 1 is 1.45 bits per heavy atom. The van der Waals surface area contributed by atoms with Crippen LogP contribution < -0.4 is 10.6 Å². The van der Waals surface area contributed by atoms with E-state index in [4.69, 9.17) is 0 Å². The summed E-state index contributed by atoms with van der Waals surface area (Å²) in [6.45, 7) is 2.55. The number of rotatable bonds is 6. The van der Waals surface area contributed by atoms with Gasteiger partial charge < -0.3 is 10.6 Å². The van der Waals surface area contributed by atoms with Gasteiger partial charge in [-0.05, 0) is 32.0 Å². The molecule has 22 heavy (non-hydrogen) atoms. The SMILES string of the molecule is CNCC(C)C(=O)Nc1cccc(-c2n[nH]c(C3CC3)n2)c1. The minimum absolute atomic E-state index is 0.000145. The van der Waals surface area contributed by atoms with Crippen molar-refractivity contribution in [3.63, 3.8) is 0 Å². The largest absolute Gasteiger partial charge is 0.326 e. The van der Waals surface area contributed by atoms with E-state index in [1.807, 2.05) is 38.2 Å². The number of H-pyrrole nitrogens is 1. The first-order valence-corrected chi connectivity index (χ1v) is 7.65. The number of hydrogen-bond acceptors (Lipinski definition) is 4. The summed E-state index contributed by atoms with van der Waals surface area (Å²) in [5, 5.41) is 13.2. The molecule has 1 aromatic heterocycles. The van der Waals surface area contributed by atoms with Gasteiger partial charge in [0.05, 0.1) is 0 Å². The normalized spacial score (nSPS) is 15.5. The highest BCUT2D eigenvalue weighted by atomic mass is 16.1. The van der Waals surface area contributed by atoms with Crippen LogP contribution in [0.5, 0.6) is 0 Å². The molecule has 1 aromatic carbocycles. The van der Waals surface area contributed by atoms with Gasteiger partial charge in [-0.25, -0.2) is 4.98 Å². The molecular formula is C16H21N5O. The molecule has 1 aliphatic carbocycles. The Kier molecular flexibility index (Phi) is 4.20. The lowest BCUT2D eigenvalue weighted by atomic mass is 10.1. The average Bonchev–Trinajstić information content (AvgIpc) is 3.25. The Bertz CT molecular complexity index is 662. The van der Waals surface area contributed by atoms with Crippen molar-refractivity contribution in [2.24, 2.45) is 5.92 Å². The van der Waals surface area contributed by atoms with E-state index in [0.717, 1.165) is 17.1 Å². The summed E-state index contributed by atoms with van der Waals surface area (Å²) in [5.41, 5.74) is 1.67. The van der Waals surface area contributed by atoms with Gasteiger partial charge in [0.15, 0.2) is 5.82 Å². The van der Waals surface area contributed by atoms with Gasteiger partial charge in [0.1, 0.15) is 5.82 Å². The third-order valence-electron chi connectivity index (χ3n) is 3.81. The molecule has 1 unspecified atom stereocenters. The number of anilines is 1. The second kappa shape index (κ2) is 6.27. The number of benzene rings is 1. The third-order valence-corrected chi connectivity index (χ3v) is 3.81. The Morgan fingerprint density at radius 3 is 3.00 bits per heavy atom. The molecule has 6 heteroatoms. The number of amides is 1. The highest BCUT2D eigenvalue weighted by Gasteiger charge is 2.27. The van der Waals surface area contributed by atoms with Crippen LogP contribution in [-0.4, -0.2) is 34.7 Å². The van der Waals surface area contributed by atoms with Gasteiger partial charge in [0.2, 0.25) is 5.91 Å². The van der Waals surface area contributed by atoms with Gasteiger partial charge in [-0.1, -0.05) is 19.1 Å². The molecule has 3 N–H and O–H groups in total. The Balaban J connectivity index is 1.72. The predicted octanol–water partition coefficient (Wildman–Crippen LogP) is 2.14. The minimum atomic E-state index is -0.0846. The summed E-state index contributed by atoms with van der Waals surface area (Å²) >= 11 is 0. The maximum Gasteiger partial charge on any atom is 0.228 e. The first-order chi connectivity index (χ1) is 10.7. The van der Waals surface area contributed by atoms with E-state index < -0.39 is 0 Å². The van der Waals surface area contributed by atoms with Gasteiger partial charge in [-0.3, -0.25) is 9.89 Å². The van der Waals surface area contributed by atoms with Crippen molar-refractivity contribution < 1.29 is 4.79 Å². The molecular weight excluding hydrogens is 278 g/mol. The van der Waals surface area contributed by atoms with Crippen molar-refractivity contribution in [3.8, 4) is 11.4 Å². The summed E-state index contributed by atoms with van der Waals surface area (Å²) in [6.07, 6.45) is 2.38. The quantitative estimate of drug-likeness (QED) is 0.763. The van der Waals surface area contributed by atoms with Crippen LogP contribution in [0.3, 0.4) is 0 Å². The molecule has 0 radical (unpaired) electrons. The van der Waals surface area contributed by atoms with E-state index in [-0.39, 0.29) is 11.8 Å². The average molecular weight is 299 g/mol. The van der Waals surface area contributed by atoms with Crippen LogP contribution in [0.15, 0.2) is 24.3 Å². The zero-order chi connectivity index (χ0) is 15.5. The number of carbonyl (C=O) groups excluding carboxylic acids is 1. The number of nitrogens with zero attached hydrogens (tertiary/aromatic N) is 2. The minimum Gasteiger partial charge on any atom is -0.326 e. The fourth-order valence-electron chi connectivity index (χ4n) is 2.34. The second-order valence-corrected chi connectivity index (χ2v) is 5.85. The van der Waals surface area contributed by atoms with E-state index in [2.05, 4.69) is 25.8 Å². The maximum absolute atomic E-state index is 12.1. The molecule has 1 heterocycles. The smallest absolute Gasteiger partial charge is 0.228 e. The van der Waals surface area contributed by atoms with Crippen LogP contribution in [0.25, 0.3) is 11.4 Å². The van der Waals surface area contributed by atoms with Crippen LogP contribution >= 0.6 is 0 Å². The molecule has 0 spiro atoms. The highest BCUT2D eigenvalue weighted by Crippen LogP contribution is 2.38. The van der Waals surface area contributed by atoms with Crippen molar-refractivity contribution in [3.05, 3.63) is 30.1 Å². The Labute approximate surface area is 129 Å². The molecule has 6 nitrogen and oxygen atoms in total. The monoisotopic (exact) mass is 299 g/mol. The van der Waals surface area contributed by atoms with E-state index in [1.54, 1.807) is 0 Å². The summed E-state index contributed by atoms with van der Waals surface area (Å²) < 4.78 is 0. The van der Waals surface area contributed by atoms with Gasteiger partial charge >= 0.3 is 0 Å². The molecule has 1 amide bonds. The molecule has 1 aliphatic rings. The molecule has 116 valence electrons. The van der Waals surface area contributed by atoms with Crippen LogP contribution in [0, 0.1) is 5.92 Å². The Morgan fingerprint density at radius 2 is 2.27 bits per heavy atom. The third kappa shape index (κ3) is 3.33. The fourth-order valence-corrected chi connectivity index (χ4v) is 2.34. The molecule has 0 aliphatic heterocycles. The van der Waals surface area contributed by atoms with Crippen LogP contribution in [-0.2, 0) is 4.79 Å². The van der Waals surface area contributed by atoms with Crippen molar-refractivity contribution >= 4 is 11.6 Å². The zero-order valence-electron chi connectivity index (χ0n) is 12.9. The fraction of sp³-hybridized carbons (Fsp3) is 0.438. The lowest BCUT2D eigenvalue weighted by Crippen LogP contribution is -2.28. The van der Waals surface area contributed by atoms with Gasteiger partial charge in [-0.2, -0.15) is 5.10 Å². The van der Waals surface area contributed by atoms with E-state index >= 15 is 0 Å². The first kappa shape index (κ1) is 14.7. The number of carbonyl (C=O) groups is 1. The first-order valence-electron chi connectivity index (χ1n) is 7.65. The van der Waals surface area contributed by atoms with E-state index in [9.17, 15) is 4.79 Å². The van der Waals surface area contributed by atoms with Crippen molar-refractivity contribution in [2.75, 3.05) is 18.9 Å². The zero-order valence-corrected chi connectivity index (χ0v) is 12.9. The van der Waals surface area contributed by atoms with Gasteiger partial charge in [0, 0.05) is 29.6 Å². The lowest BCUT2D eigenvalue weighted by Gasteiger charge is -2.11. The standard InChI is InChI=1S/C16H21N5O/c1-10(9-17-2)16(22)18-13-5-3-4-12(8-13)15-19-14(20-21-15)11-6-7-11/h3-5,8,10-11,17H,6-7,9H2,1-2H3,(H,18,22)(H,19,20,21). The molecule has 1 saturated carbocycles. The van der Waals surface area contributed by atoms with Crippen LogP contribution in [0.2, 0.25) is 0 Å². The molecule has 1 atom stereocenters. The van der Waals surface area contributed by atoms with Crippen LogP contribution in [0.1, 0.15) is 31.5 Å². The molecule has 0 saturated heterocycles. The maximum atomic E-state index is 12.1. The van der Waals surface area contributed by atoms with Crippen molar-refractivity contribution in [1.29, 1.82) is 0 Å². The van der Waals surface area contributed by atoms with E-state index in [0.29, 0.717) is 18.3 Å². The van der Waals surface area contributed by atoms with E-state index in [1.165, 1.54) is 12.8 Å². The highest BCUT2D eigenvalue weighted by molar-refractivity contribution is 5.93. The summed E-state index contributed by atoms with van der Waals surface area (Å²) in [5.74, 6) is 2.11. The molecule has 0 bridgehead atoms. The molecule has 1 fully saturated rings.